The van der Waals surface area contributed by atoms with Gasteiger partial charge in [-0.05, 0) is 30.4 Å². The molecule has 0 unspecified atom stereocenters. The number of hydrogen-bond donors (Lipinski definition) is 4. The Morgan fingerprint density at radius 3 is 1.67 bits per heavy atom. The molecule has 0 saturated carbocycles. The third-order valence-electron chi connectivity index (χ3n) is 2.91. The lowest BCUT2D eigenvalue weighted by molar-refractivity contribution is 0.0246. The fourth-order valence-corrected chi connectivity index (χ4v) is 2.10. The molecule has 0 heterocycles. The van der Waals surface area contributed by atoms with Crippen molar-refractivity contribution in [1.82, 2.24) is 0 Å². The first kappa shape index (κ1) is 14.7. The molecule has 0 bridgehead atoms. The van der Waals surface area contributed by atoms with Crippen molar-refractivity contribution in [3.63, 3.8) is 0 Å². The lowest BCUT2D eigenvalue weighted by atomic mass is 9.83. The Labute approximate surface area is 106 Å². The number of aryl methyl sites for hydroxylation is 1. The SMILES string of the molecule is Cc1cc(C(C)(C)C)c(N(O)O)c(C)c1N(O)O. The molecule has 102 valence electrons. The second kappa shape index (κ2) is 4.74. The van der Waals surface area contributed by atoms with Crippen molar-refractivity contribution in [2.45, 2.75) is 40.0 Å². The van der Waals surface area contributed by atoms with Gasteiger partial charge in [-0.25, -0.2) is 0 Å². The van der Waals surface area contributed by atoms with E-state index in [4.69, 9.17) is 0 Å². The van der Waals surface area contributed by atoms with Crippen molar-refractivity contribution in [2.24, 2.45) is 0 Å². The average Bonchev–Trinajstić information content (AvgIpc) is 2.13. The lowest BCUT2D eigenvalue weighted by Crippen LogP contribution is -2.24. The van der Waals surface area contributed by atoms with Crippen LogP contribution in [0.4, 0.5) is 11.4 Å². The van der Waals surface area contributed by atoms with E-state index in [-0.39, 0.29) is 27.2 Å². The van der Waals surface area contributed by atoms with Crippen LogP contribution in [0.5, 0.6) is 0 Å². The molecule has 0 saturated heterocycles. The smallest absolute Gasteiger partial charge is 0.103 e. The van der Waals surface area contributed by atoms with Gasteiger partial charge in [-0.3, -0.25) is 20.8 Å². The zero-order valence-electron chi connectivity index (χ0n) is 11.3. The number of anilines is 2. The van der Waals surface area contributed by atoms with Gasteiger partial charge < -0.3 is 0 Å². The summed E-state index contributed by atoms with van der Waals surface area (Å²) in [4.78, 5) is 0. The van der Waals surface area contributed by atoms with Gasteiger partial charge in [0.15, 0.2) is 0 Å². The molecular weight excluding hydrogens is 236 g/mol. The van der Waals surface area contributed by atoms with E-state index in [1.54, 1.807) is 19.9 Å². The minimum absolute atomic E-state index is 0.00981. The fraction of sp³-hybridized carbons (Fsp3) is 0.500. The molecule has 18 heavy (non-hydrogen) atoms. The predicted molar refractivity (Wildman–Crippen MR) is 66.7 cm³/mol. The van der Waals surface area contributed by atoms with E-state index >= 15 is 0 Å². The quantitative estimate of drug-likeness (QED) is 0.609. The van der Waals surface area contributed by atoms with Crippen LogP contribution in [0.1, 0.15) is 37.5 Å². The van der Waals surface area contributed by atoms with Crippen molar-refractivity contribution in [1.29, 1.82) is 0 Å². The fourth-order valence-electron chi connectivity index (χ4n) is 2.10. The summed E-state index contributed by atoms with van der Waals surface area (Å²) >= 11 is 0. The maximum absolute atomic E-state index is 9.35. The van der Waals surface area contributed by atoms with E-state index in [9.17, 15) is 20.8 Å². The van der Waals surface area contributed by atoms with E-state index in [1.807, 2.05) is 20.8 Å². The first-order valence-electron chi connectivity index (χ1n) is 5.57. The van der Waals surface area contributed by atoms with Crippen LogP contribution in [0.3, 0.4) is 0 Å². The Hall–Kier alpha value is -1.34. The number of nitrogens with zero attached hydrogens (tertiary/aromatic N) is 2. The van der Waals surface area contributed by atoms with Gasteiger partial charge in [-0.2, -0.15) is 0 Å². The summed E-state index contributed by atoms with van der Waals surface area (Å²) in [5.41, 5.74) is 1.67. The molecule has 6 nitrogen and oxygen atoms in total. The van der Waals surface area contributed by atoms with Crippen LogP contribution in [0.15, 0.2) is 6.07 Å². The summed E-state index contributed by atoms with van der Waals surface area (Å²) in [6.07, 6.45) is 0. The Morgan fingerprint density at radius 1 is 0.889 bits per heavy atom. The largest absolute Gasteiger partial charge is 0.264 e. The monoisotopic (exact) mass is 256 g/mol. The van der Waals surface area contributed by atoms with Crippen LogP contribution in [0.2, 0.25) is 0 Å². The van der Waals surface area contributed by atoms with Gasteiger partial charge in [0, 0.05) is 5.56 Å². The molecule has 0 amide bonds. The average molecular weight is 256 g/mol. The maximum atomic E-state index is 9.35. The molecule has 0 aliphatic carbocycles. The molecule has 0 aliphatic heterocycles. The Balaban J connectivity index is 3.67. The van der Waals surface area contributed by atoms with Crippen LogP contribution in [0.25, 0.3) is 0 Å². The van der Waals surface area contributed by atoms with Crippen LogP contribution in [0, 0.1) is 13.8 Å². The highest BCUT2D eigenvalue weighted by atomic mass is 16.8. The predicted octanol–water partition coefficient (Wildman–Crippen LogP) is 2.77. The van der Waals surface area contributed by atoms with Gasteiger partial charge in [0.2, 0.25) is 0 Å². The van der Waals surface area contributed by atoms with Gasteiger partial charge >= 0.3 is 0 Å². The molecule has 0 radical (unpaired) electrons. The summed E-state index contributed by atoms with van der Waals surface area (Å²) in [5.74, 6) is 0. The second-order valence-electron chi connectivity index (χ2n) is 5.39. The molecule has 0 atom stereocenters. The Bertz CT molecular complexity index is 450. The van der Waals surface area contributed by atoms with Crippen molar-refractivity contribution in [2.75, 3.05) is 10.5 Å². The molecular formula is C12H20N2O4. The van der Waals surface area contributed by atoms with E-state index in [0.717, 1.165) is 0 Å². The molecule has 0 aromatic heterocycles. The molecule has 0 fully saturated rings. The first-order chi connectivity index (χ1) is 8.07. The molecule has 1 aromatic rings. The van der Waals surface area contributed by atoms with Gasteiger partial charge in [-0.1, -0.05) is 26.8 Å². The minimum Gasteiger partial charge on any atom is -0.264 e. The highest BCUT2D eigenvalue weighted by Crippen LogP contribution is 2.39. The Morgan fingerprint density at radius 2 is 1.33 bits per heavy atom. The van der Waals surface area contributed by atoms with Crippen molar-refractivity contribution in [3.8, 4) is 0 Å². The minimum atomic E-state index is -0.317. The summed E-state index contributed by atoms with van der Waals surface area (Å²) < 4.78 is 0. The molecule has 1 rings (SSSR count). The third kappa shape index (κ3) is 2.56. The topological polar surface area (TPSA) is 87.4 Å². The van der Waals surface area contributed by atoms with E-state index in [2.05, 4.69) is 0 Å². The van der Waals surface area contributed by atoms with Crippen LogP contribution in [-0.2, 0) is 5.41 Å². The van der Waals surface area contributed by atoms with Gasteiger partial charge in [0.1, 0.15) is 11.4 Å². The number of benzene rings is 1. The van der Waals surface area contributed by atoms with E-state index in [0.29, 0.717) is 16.7 Å². The molecule has 0 aliphatic rings. The van der Waals surface area contributed by atoms with Gasteiger partial charge in [0.05, 0.1) is 0 Å². The van der Waals surface area contributed by atoms with Crippen LogP contribution >= 0.6 is 0 Å². The molecule has 0 spiro atoms. The highest BCUT2D eigenvalue weighted by molar-refractivity contribution is 5.72. The first-order valence-corrected chi connectivity index (χ1v) is 5.57. The van der Waals surface area contributed by atoms with E-state index in [1.165, 1.54) is 0 Å². The second-order valence-corrected chi connectivity index (χ2v) is 5.39. The summed E-state index contributed by atoms with van der Waals surface area (Å²) in [5, 5.41) is 37.1. The zero-order valence-corrected chi connectivity index (χ0v) is 11.3. The zero-order chi connectivity index (χ0) is 14.2. The third-order valence-corrected chi connectivity index (χ3v) is 2.91. The Kier molecular flexibility index (Phi) is 3.87. The summed E-state index contributed by atoms with van der Waals surface area (Å²) in [7, 11) is 0. The molecule has 1 aromatic carbocycles. The molecule has 6 heteroatoms. The number of hydrogen-bond acceptors (Lipinski definition) is 6. The number of rotatable bonds is 2. The van der Waals surface area contributed by atoms with Crippen molar-refractivity contribution in [3.05, 3.63) is 22.8 Å². The lowest BCUT2D eigenvalue weighted by Gasteiger charge is -2.28. The molecule has 4 N–H and O–H groups in total. The van der Waals surface area contributed by atoms with Crippen LogP contribution < -0.4 is 10.5 Å². The van der Waals surface area contributed by atoms with Gasteiger partial charge in [0.25, 0.3) is 0 Å². The standard InChI is InChI=1S/C12H20N2O4/c1-7-6-9(12(3,4)5)11(14(17)18)8(2)10(7)13(15)16/h6,15-18H,1-5H3. The van der Waals surface area contributed by atoms with Crippen LogP contribution in [-0.4, -0.2) is 20.8 Å². The normalized spacial score (nSPS) is 11.6. The highest BCUT2D eigenvalue weighted by Gasteiger charge is 2.26. The van der Waals surface area contributed by atoms with Gasteiger partial charge in [-0.15, -0.1) is 10.5 Å². The summed E-state index contributed by atoms with van der Waals surface area (Å²) in [6, 6.07) is 1.70. The van der Waals surface area contributed by atoms with E-state index < -0.39 is 0 Å². The van der Waals surface area contributed by atoms with Crippen molar-refractivity contribution < 1.29 is 20.8 Å². The van der Waals surface area contributed by atoms with Crippen molar-refractivity contribution >= 4 is 11.4 Å². The maximum Gasteiger partial charge on any atom is 0.103 e. The summed E-state index contributed by atoms with van der Waals surface area (Å²) in [6.45, 7) is 9.11.